The highest BCUT2D eigenvalue weighted by atomic mass is 16.6. The molecular formula is C23H20N2O5. The number of rotatable bonds is 6. The second kappa shape index (κ2) is 9.88. The number of imide groups is 1. The molecular weight excluding hydrogens is 384 g/mol. The third kappa shape index (κ3) is 5.23. The van der Waals surface area contributed by atoms with Gasteiger partial charge in [-0.3, -0.25) is 10.1 Å². The van der Waals surface area contributed by atoms with Crippen molar-refractivity contribution in [1.82, 2.24) is 10.6 Å². The predicted molar refractivity (Wildman–Crippen MR) is 110 cm³/mol. The minimum atomic E-state index is -1.32. The first-order chi connectivity index (χ1) is 14.6. The molecule has 7 nitrogen and oxygen atoms in total. The number of nitrogens with one attached hydrogen (secondary N) is 2. The molecule has 152 valence electrons. The number of esters is 1. The second-order valence-corrected chi connectivity index (χ2v) is 6.18. The lowest BCUT2D eigenvalue weighted by atomic mass is 10.1. The van der Waals surface area contributed by atoms with Crippen LogP contribution in [0.2, 0.25) is 0 Å². The summed E-state index contributed by atoms with van der Waals surface area (Å²) in [6.07, 6.45) is -1.32. The molecule has 3 aromatic rings. The van der Waals surface area contributed by atoms with Gasteiger partial charge in [-0.05, 0) is 24.3 Å². The van der Waals surface area contributed by atoms with Gasteiger partial charge in [0.1, 0.15) is 17.1 Å². The first-order valence-corrected chi connectivity index (χ1v) is 9.19. The van der Waals surface area contributed by atoms with E-state index in [0.717, 1.165) is 0 Å². The fourth-order valence-electron chi connectivity index (χ4n) is 2.65. The number of carbonyl (C=O) groups is 3. The lowest BCUT2D eigenvalue weighted by Gasteiger charge is -2.18. The number of hydrogen-bond donors (Lipinski definition) is 2. The Morgan fingerprint density at radius 3 is 2.07 bits per heavy atom. The molecule has 0 radical (unpaired) electrons. The smallest absolute Gasteiger partial charge is 0.343 e. The molecule has 0 aliphatic rings. The summed E-state index contributed by atoms with van der Waals surface area (Å²) >= 11 is 0. The van der Waals surface area contributed by atoms with Crippen LogP contribution >= 0.6 is 0 Å². The standard InChI is InChI=1S/C23H20N2O5/c1-24-23(28)25-21(26)20(16-10-4-2-5-11-16)30-22(27)18-14-8-9-15-19(18)29-17-12-6-3-7-13-17/h2-15,20H,1H3,(H2,24,25,26,28)/t20-/m0/s1. The van der Waals surface area contributed by atoms with E-state index in [2.05, 4.69) is 10.6 Å². The van der Waals surface area contributed by atoms with Crippen molar-refractivity contribution in [1.29, 1.82) is 0 Å². The minimum absolute atomic E-state index is 0.148. The van der Waals surface area contributed by atoms with Gasteiger partial charge in [0, 0.05) is 12.6 Å². The summed E-state index contributed by atoms with van der Waals surface area (Å²) < 4.78 is 11.3. The summed E-state index contributed by atoms with van der Waals surface area (Å²) in [5.41, 5.74) is 0.573. The number of amides is 3. The Hall–Kier alpha value is -4.13. The van der Waals surface area contributed by atoms with Gasteiger partial charge in [0.25, 0.3) is 5.91 Å². The number of hydrogen-bond acceptors (Lipinski definition) is 5. The van der Waals surface area contributed by atoms with Crippen LogP contribution in [0.4, 0.5) is 4.79 Å². The Morgan fingerprint density at radius 1 is 0.800 bits per heavy atom. The molecule has 0 fully saturated rings. The van der Waals surface area contributed by atoms with Gasteiger partial charge in [0.2, 0.25) is 6.10 Å². The van der Waals surface area contributed by atoms with Gasteiger partial charge in [-0.25, -0.2) is 9.59 Å². The van der Waals surface area contributed by atoms with Crippen LogP contribution < -0.4 is 15.4 Å². The van der Waals surface area contributed by atoms with Crippen LogP contribution in [0.15, 0.2) is 84.9 Å². The Balaban J connectivity index is 1.86. The van der Waals surface area contributed by atoms with Gasteiger partial charge in [-0.2, -0.15) is 0 Å². The van der Waals surface area contributed by atoms with Crippen LogP contribution in [0.3, 0.4) is 0 Å². The molecule has 7 heteroatoms. The highest BCUT2D eigenvalue weighted by Crippen LogP contribution is 2.28. The van der Waals surface area contributed by atoms with Gasteiger partial charge >= 0.3 is 12.0 Å². The average molecular weight is 404 g/mol. The van der Waals surface area contributed by atoms with E-state index >= 15 is 0 Å². The summed E-state index contributed by atoms with van der Waals surface area (Å²) in [6.45, 7) is 0. The summed E-state index contributed by atoms with van der Waals surface area (Å²) in [4.78, 5) is 37.1. The van der Waals surface area contributed by atoms with E-state index in [1.54, 1.807) is 66.7 Å². The third-order valence-electron chi connectivity index (χ3n) is 4.11. The maximum atomic E-state index is 12.9. The topological polar surface area (TPSA) is 93.7 Å². The molecule has 0 saturated heterocycles. The molecule has 0 unspecified atom stereocenters. The van der Waals surface area contributed by atoms with E-state index in [1.165, 1.54) is 7.05 Å². The number of para-hydroxylation sites is 2. The zero-order valence-corrected chi connectivity index (χ0v) is 16.2. The molecule has 3 aromatic carbocycles. The molecule has 0 heterocycles. The van der Waals surface area contributed by atoms with Crippen molar-refractivity contribution in [2.45, 2.75) is 6.10 Å². The summed E-state index contributed by atoms with van der Waals surface area (Å²) in [7, 11) is 1.38. The third-order valence-corrected chi connectivity index (χ3v) is 4.11. The van der Waals surface area contributed by atoms with E-state index in [1.807, 2.05) is 18.2 Å². The normalized spacial score (nSPS) is 11.1. The van der Waals surface area contributed by atoms with Crippen LogP contribution in [0.5, 0.6) is 11.5 Å². The van der Waals surface area contributed by atoms with E-state index in [4.69, 9.17) is 9.47 Å². The van der Waals surface area contributed by atoms with Gasteiger partial charge in [0.15, 0.2) is 0 Å². The van der Waals surface area contributed by atoms with E-state index in [0.29, 0.717) is 11.3 Å². The van der Waals surface area contributed by atoms with Crippen LogP contribution in [0.25, 0.3) is 0 Å². The van der Waals surface area contributed by atoms with E-state index < -0.39 is 24.0 Å². The summed E-state index contributed by atoms with van der Waals surface area (Å²) in [6, 6.07) is 23.3. The average Bonchev–Trinajstić information content (AvgIpc) is 2.78. The fourth-order valence-corrected chi connectivity index (χ4v) is 2.65. The van der Waals surface area contributed by atoms with Gasteiger partial charge in [-0.15, -0.1) is 0 Å². The number of benzene rings is 3. The quantitative estimate of drug-likeness (QED) is 0.609. The molecule has 1 atom stereocenters. The van der Waals surface area contributed by atoms with E-state index in [9.17, 15) is 14.4 Å². The van der Waals surface area contributed by atoms with Crippen molar-refractivity contribution in [2.75, 3.05) is 7.05 Å². The minimum Gasteiger partial charge on any atom is -0.456 e. The van der Waals surface area contributed by atoms with Crippen LogP contribution in [0.1, 0.15) is 22.0 Å². The molecule has 30 heavy (non-hydrogen) atoms. The molecule has 0 spiro atoms. The lowest BCUT2D eigenvalue weighted by molar-refractivity contribution is -0.129. The van der Waals surface area contributed by atoms with Crippen LogP contribution in [-0.4, -0.2) is 25.0 Å². The Bertz CT molecular complexity index is 1020. The molecule has 0 bridgehead atoms. The van der Waals surface area contributed by atoms with Gasteiger partial charge in [0.05, 0.1) is 0 Å². The lowest BCUT2D eigenvalue weighted by Crippen LogP contribution is -2.41. The molecule has 0 aromatic heterocycles. The van der Waals surface area contributed by atoms with Crippen molar-refractivity contribution in [3.05, 3.63) is 96.1 Å². The van der Waals surface area contributed by atoms with Crippen molar-refractivity contribution in [3.63, 3.8) is 0 Å². The number of urea groups is 1. The first-order valence-electron chi connectivity index (χ1n) is 9.19. The Labute approximate surface area is 173 Å². The zero-order valence-electron chi connectivity index (χ0n) is 16.2. The van der Waals surface area contributed by atoms with E-state index in [-0.39, 0.29) is 11.3 Å². The zero-order chi connectivity index (χ0) is 21.3. The number of ether oxygens (including phenoxy) is 2. The summed E-state index contributed by atoms with van der Waals surface area (Å²) in [5.74, 6) is -0.695. The van der Waals surface area contributed by atoms with Gasteiger partial charge < -0.3 is 14.8 Å². The SMILES string of the molecule is CNC(=O)NC(=O)[C@@H](OC(=O)c1ccccc1Oc1ccccc1)c1ccccc1. The first kappa shape index (κ1) is 20.6. The molecule has 3 amide bonds. The largest absolute Gasteiger partial charge is 0.456 e. The highest BCUT2D eigenvalue weighted by Gasteiger charge is 2.28. The van der Waals surface area contributed by atoms with Crippen molar-refractivity contribution >= 4 is 17.9 Å². The Morgan fingerprint density at radius 2 is 1.40 bits per heavy atom. The maximum absolute atomic E-state index is 12.9. The van der Waals surface area contributed by atoms with Crippen LogP contribution in [-0.2, 0) is 9.53 Å². The van der Waals surface area contributed by atoms with Crippen LogP contribution in [0, 0.1) is 0 Å². The fraction of sp³-hybridized carbons (Fsp3) is 0.0870. The van der Waals surface area contributed by atoms with Crippen molar-refractivity contribution in [3.8, 4) is 11.5 Å². The van der Waals surface area contributed by atoms with Crippen molar-refractivity contribution in [2.24, 2.45) is 0 Å². The van der Waals surface area contributed by atoms with Gasteiger partial charge in [-0.1, -0.05) is 60.7 Å². The number of carbonyl (C=O) groups excluding carboxylic acids is 3. The predicted octanol–water partition coefficient (Wildman–Crippen LogP) is 3.83. The summed E-state index contributed by atoms with van der Waals surface area (Å²) in [5, 5.41) is 4.43. The molecule has 3 rings (SSSR count). The molecule has 0 aliphatic heterocycles. The molecule has 0 saturated carbocycles. The van der Waals surface area contributed by atoms with Crippen molar-refractivity contribution < 1.29 is 23.9 Å². The second-order valence-electron chi connectivity index (χ2n) is 6.18. The monoisotopic (exact) mass is 404 g/mol. The molecule has 0 aliphatic carbocycles. The molecule has 2 N–H and O–H groups in total. The maximum Gasteiger partial charge on any atom is 0.343 e. The Kier molecular flexibility index (Phi) is 6.78. The highest BCUT2D eigenvalue weighted by molar-refractivity contribution is 5.99.